The van der Waals surface area contributed by atoms with E-state index in [9.17, 15) is 12.8 Å². The lowest BCUT2D eigenvalue weighted by Gasteiger charge is -2.06. The van der Waals surface area contributed by atoms with Gasteiger partial charge in [-0.15, -0.1) is 0 Å². The van der Waals surface area contributed by atoms with E-state index in [2.05, 4.69) is 9.97 Å². The molecule has 122 valence electrons. The zero-order valence-corrected chi connectivity index (χ0v) is 13.8. The summed E-state index contributed by atoms with van der Waals surface area (Å²) in [7, 11) is -3.96. The van der Waals surface area contributed by atoms with E-state index in [1.165, 1.54) is 30.5 Å². The molecule has 3 aromatic rings. The summed E-state index contributed by atoms with van der Waals surface area (Å²) < 4.78 is 38.7. The maximum absolute atomic E-state index is 13.8. The van der Waals surface area contributed by atoms with Gasteiger partial charge in [0, 0.05) is 25.0 Å². The summed E-state index contributed by atoms with van der Waals surface area (Å²) in [6.07, 6.45) is 5.63. The van der Waals surface area contributed by atoms with Gasteiger partial charge in [0.1, 0.15) is 10.7 Å². The quantitative estimate of drug-likeness (QED) is 0.729. The van der Waals surface area contributed by atoms with Crippen molar-refractivity contribution >= 4 is 9.84 Å². The molecule has 6 heteroatoms. The molecule has 3 rings (SSSR count). The Balaban J connectivity index is 1.88. The standard InChI is InChI=1S/C18H15FN2O2S/c1-13-8-15(11-20-10-13)9-14-6-7-18(21-12-14)24(22,23)17-5-3-2-4-16(17)19/h2-8,10-12H,9H2,1H3. The van der Waals surface area contributed by atoms with Crippen LogP contribution < -0.4 is 0 Å². The molecule has 0 fully saturated rings. The molecular weight excluding hydrogens is 327 g/mol. The lowest BCUT2D eigenvalue weighted by Crippen LogP contribution is -2.07. The molecular formula is C18H15FN2O2S. The average Bonchev–Trinajstić information content (AvgIpc) is 2.55. The van der Waals surface area contributed by atoms with Crippen LogP contribution in [0.2, 0.25) is 0 Å². The molecule has 0 bridgehead atoms. The van der Waals surface area contributed by atoms with Crippen LogP contribution in [0.4, 0.5) is 4.39 Å². The van der Waals surface area contributed by atoms with Gasteiger partial charge >= 0.3 is 0 Å². The van der Waals surface area contributed by atoms with Crippen LogP contribution in [-0.4, -0.2) is 18.4 Å². The molecule has 0 aliphatic carbocycles. The highest BCUT2D eigenvalue weighted by atomic mass is 32.2. The average molecular weight is 342 g/mol. The van der Waals surface area contributed by atoms with Gasteiger partial charge in [0.2, 0.25) is 9.84 Å². The van der Waals surface area contributed by atoms with Crippen LogP contribution in [0.5, 0.6) is 0 Å². The lowest BCUT2D eigenvalue weighted by atomic mass is 10.1. The number of aromatic nitrogens is 2. The lowest BCUT2D eigenvalue weighted by molar-refractivity contribution is 0.564. The zero-order valence-electron chi connectivity index (χ0n) is 13.0. The second-order valence-corrected chi connectivity index (χ2v) is 7.35. The Morgan fingerprint density at radius 1 is 1.00 bits per heavy atom. The normalized spacial score (nSPS) is 11.4. The smallest absolute Gasteiger partial charge is 0.226 e. The summed E-state index contributed by atoms with van der Waals surface area (Å²) in [5, 5.41) is -0.168. The SMILES string of the molecule is Cc1cncc(Cc2ccc(S(=O)(=O)c3ccccc3F)nc2)c1. The van der Waals surface area contributed by atoms with Crippen LogP contribution in [0.3, 0.4) is 0 Å². The third-order valence-electron chi connectivity index (χ3n) is 3.54. The van der Waals surface area contributed by atoms with Gasteiger partial charge in [-0.25, -0.2) is 17.8 Å². The summed E-state index contributed by atoms with van der Waals surface area (Å²) in [6.45, 7) is 1.96. The Morgan fingerprint density at radius 2 is 1.79 bits per heavy atom. The monoisotopic (exact) mass is 342 g/mol. The molecule has 4 nitrogen and oxygen atoms in total. The maximum Gasteiger partial charge on any atom is 0.226 e. The second kappa shape index (κ2) is 6.49. The molecule has 0 saturated carbocycles. The van der Waals surface area contributed by atoms with Crippen LogP contribution in [-0.2, 0) is 16.3 Å². The van der Waals surface area contributed by atoms with E-state index in [0.717, 1.165) is 22.8 Å². The molecule has 0 amide bonds. The van der Waals surface area contributed by atoms with E-state index in [-0.39, 0.29) is 9.92 Å². The molecule has 24 heavy (non-hydrogen) atoms. The van der Waals surface area contributed by atoms with E-state index in [0.29, 0.717) is 6.42 Å². The molecule has 0 unspecified atom stereocenters. The van der Waals surface area contributed by atoms with Crippen molar-refractivity contribution in [3.05, 3.63) is 83.6 Å². The van der Waals surface area contributed by atoms with Crippen LogP contribution in [0.1, 0.15) is 16.7 Å². The largest absolute Gasteiger partial charge is 0.264 e. The van der Waals surface area contributed by atoms with Gasteiger partial charge in [-0.2, -0.15) is 0 Å². The Bertz CT molecular complexity index is 970. The molecule has 2 aromatic heterocycles. The predicted octanol–water partition coefficient (Wildman–Crippen LogP) is 3.35. The first kappa shape index (κ1) is 16.3. The highest BCUT2D eigenvalue weighted by molar-refractivity contribution is 7.91. The number of hydrogen-bond acceptors (Lipinski definition) is 4. The van der Waals surface area contributed by atoms with E-state index in [4.69, 9.17) is 0 Å². The number of halogens is 1. The van der Waals surface area contributed by atoms with E-state index in [1.807, 2.05) is 13.0 Å². The number of benzene rings is 1. The molecule has 1 aromatic carbocycles. The maximum atomic E-state index is 13.8. The van der Waals surface area contributed by atoms with Crippen LogP contribution in [0.15, 0.2) is 71.0 Å². The minimum Gasteiger partial charge on any atom is -0.264 e. The molecule has 0 radical (unpaired) electrons. The fourth-order valence-corrected chi connectivity index (χ4v) is 3.65. The number of sulfone groups is 1. The van der Waals surface area contributed by atoms with Crippen molar-refractivity contribution < 1.29 is 12.8 Å². The third kappa shape index (κ3) is 3.33. The van der Waals surface area contributed by atoms with Crippen molar-refractivity contribution in [3.63, 3.8) is 0 Å². The van der Waals surface area contributed by atoms with Crippen molar-refractivity contribution in [1.29, 1.82) is 0 Å². The molecule has 0 spiro atoms. The Labute approximate surface area is 140 Å². The van der Waals surface area contributed by atoms with Gasteiger partial charge in [-0.05, 0) is 41.8 Å². The summed E-state index contributed by atoms with van der Waals surface area (Å²) in [5.41, 5.74) is 2.93. The third-order valence-corrected chi connectivity index (χ3v) is 5.24. The van der Waals surface area contributed by atoms with Gasteiger partial charge in [0.25, 0.3) is 0 Å². The van der Waals surface area contributed by atoms with Crippen molar-refractivity contribution in [2.75, 3.05) is 0 Å². The highest BCUT2D eigenvalue weighted by Crippen LogP contribution is 2.22. The van der Waals surface area contributed by atoms with Crippen molar-refractivity contribution in [2.45, 2.75) is 23.3 Å². The number of rotatable bonds is 4. The Morgan fingerprint density at radius 3 is 2.46 bits per heavy atom. The zero-order chi connectivity index (χ0) is 17.2. The van der Waals surface area contributed by atoms with E-state index < -0.39 is 15.7 Å². The first-order valence-corrected chi connectivity index (χ1v) is 8.80. The van der Waals surface area contributed by atoms with Crippen LogP contribution in [0, 0.1) is 12.7 Å². The van der Waals surface area contributed by atoms with Crippen molar-refractivity contribution in [1.82, 2.24) is 9.97 Å². The van der Waals surface area contributed by atoms with Gasteiger partial charge in [-0.1, -0.05) is 24.3 Å². The van der Waals surface area contributed by atoms with Gasteiger partial charge in [-0.3, -0.25) is 4.98 Å². The van der Waals surface area contributed by atoms with Gasteiger partial charge in [0.15, 0.2) is 5.03 Å². The molecule has 0 saturated heterocycles. The number of nitrogens with zero attached hydrogens (tertiary/aromatic N) is 2. The fourth-order valence-electron chi connectivity index (χ4n) is 2.40. The number of hydrogen-bond donors (Lipinski definition) is 0. The highest BCUT2D eigenvalue weighted by Gasteiger charge is 2.22. The topological polar surface area (TPSA) is 59.9 Å². The molecule has 0 aliphatic heterocycles. The Hall–Kier alpha value is -2.60. The summed E-state index contributed by atoms with van der Waals surface area (Å²) in [4.78, 5) is 7.77. The molecule has 0 aliphatic rings. The van der Waals surface area contributed by atoms with Crippen molar-refractivity contribution in [2.24, 2.45) is 0 Å². The Kier molecular flexibility index (Phi) is 4.40. The van der Waals surface area contributed by atoms with E-state index >= 15 is 0 Å². The van der Waals surface area contributed by atoms with Crippen LogP contribution in [0.25, 0.3) is 0 Å². The van der Waals surface area contributed by atoms with Crippen LogP contribution >= 0.6 is 0 Å². The summed E-state index contributed by atoms with van der Waals surface area (Å²) >= 11 is 0. The first-order chi connectivity index (χ1) is 11.5. The number of aryl methyl sites for hydroxylation is 1. The number of pyridine rings is 2. The molecule has 0 N–H and O–H groups in total. The predicted molar refractivity (Wildman–Crippen MR) is 87.9 cm³/mol. The molecule has 0 atom stereocenters. The first-order valence-electron chi connectivity index (χ1n) is 7.32. The molecule has 2 heterocycles. The van der Waals surface area contributed by atoms with Gasteiger partial charge in [0.05, 0.1) is 0 Å². The minimum atomic E-state index is -3.96. The second-order valence-electron chi connectivity index (χ2n) is 5.49. The fraction of sp³-hybridized carbons (Fsp3) is 0.111. The van der Waals surface area contributed by atoms with Gasteiger partial charge < -0.3 is 0 Å². The summed E-state index contributed by atoms with van der Waals surface area (Å²) in [6, 6.07) is 10.4. The van der Waals surface area contributed by atoms with Crippen molar-refractivity contribution in [3.8, 4) is 0 Å². The summed E-state index contributed by atoms with van der Waals surface area (Å²) in [5.74, 6) is -0.783. The minimum absolute atomic E-state index is 0.168. The van der Waals surface area contributed by atoms with E-state index in [1.54, 1.807) is 18.5 Å².